The molecule has 0 aliphatic heterocycles. The lowest BCUT2D eigenvalue weighted by Gasteiger charge is -2.29. The van der Waals surface area contributed by atoms with Crippen LogP contribution in [-0.2, 0) is 4.79 Å². The van der Waals surface area contributed by atoms with Gasteiger partial charge in [-0.2, -0.15) is 11.8 Å². The lowest BCUT2D eigenvalue weighted by molar-refractivity contribution is -0.144. The molecular formula is C13H27NO2S. The molecule has 0 aliphatic carbocycles. The molecule has 4 heteroatoms. The van der Waals surface area contributed by atoms with Crippen LogP contribution in [0, 0.1) is 5.92 Å². The molecule has 0 aromatic rings. The van der Waals surface area contributed by atoms with E-state index in [1.54, 1.807) is 6.92 Å². The van der Waals surface area contributed by atoms with E-state index in [-0.39, 0.29) is 6.04 Å². The van der Waals surface area contributed by atoms with Crippen LogP contribution in [0.3, 0.4) is 0 Å². The SMILES string of the molecule is CC(C)NC(C)(CCSC(C)C(C)C)C(=O)O. The minimum atomic E-state index is -0.808. The van der Waals surface area contributed by atoms with Gasteiger partial charge in [-0.05, 0) is 38.9 Å². The number of thioether (sulfide) groups is 1. The van der Waals surface area contributed by atoms with Gasteiger partial charge < -0.3 is 5.11 Å². The van der Waals surface area contributed by atoms with Crippen LogP contribution in [0.1, 0.15) is 48.0 Å². The summed E-state index contributed by atoms with van der Waals surface area (Å²) in [5, 5.41) is 13.0. The molecule has 0 amide bonds. The maximum atomic E-state index is 11.3. The van der Waals surface area contributed by atoms with Crippen molar-refractivity contribution in [1.29, 1.82) is 0 Å². The van der Waals surface area contributed by atoms with Crippen molar-refractivity contribution in [2.45, 2.75) is 64.8 Å². The maximum Gasteiger partial charge on any atom is 0.323 e. The van der Waals surface area contributed by atoms with Crippen LogP contribution in [0.5, 0.6) is 0 Å². The molecule has 2 atom stereocenters. The number of carboxylic acids is 1. The topological polar surface area (TPSA) is 49.3 Å². The number of carboxylic acid groups (broad SMARTS) is 1. The summed E-state index contributed by atoms with van der Waals surface area (Å²) < 4.78 is 0. The summed E-state index contributed by atoms with van der Waals surface area (Å²) in [6, 6.07) is 0.184. The zero-order valence-electron chi connectivity index (χ0n) is 11.9. The maximum absolute atomic E-state index is 11.3. The average Bonchev–Trinajstić information content (AvgIpc) is 2.15. The van der Waals surface area contributed by atoms with E-state index in [0.29, 0.717) is 17.6 Å². The smallest absolute Gasteiger partial charge is 0.323 e. The fraction of sp³-hybridized carbons (Fsp3) is 0.923. The van der Waals surface area contributed by atoms with Gasteiger partial charge in [-0.25, -0.2) is 0 Å². The minimum absolute atomic E-state index is 0.184. The van der Waals surface area contributed by atoms with Crippen LogP contribution in [-0.4, -0.2) is 33.7 Å². The van der Waals surface area contributed by atoms with E-state index in [2.05, 4.69) is 26.1 Å². The van der Waals surface area contributed by atoms with E-state index in [1.807, 2.05) is 25.6 Å². The molecule has 0 fully saturated rings. The lowest BCUT2D eigenvalue weighted by Crippen LogP contribution is -2.52. The van der Waals surface area contributed by atoms with Gasteiger partial charge in [0, 0.05) is 11.3 Å². The van der Waals surface area contributed by atoms with E-state index in [9.17, 15) is 9.90 Å². The van der Waals surface area contributed by atoms with Gasteiger partial charge in [-0.1, -0.05) is 20.8 Å². The highest BCUT2D eigenvalue weighted by atomic mass is 32.2. The molecule has 2 unspecified atom stereocenters. The van der Waals surface area contributed by atoms with Crippen LogP contribution in [0.4, 0.5) is 0 Å². The number of carbonyl (C=O) groups is 1. The Morgan fingerprint density at radius 2 is 1.82 bits per heavy atom. The van der Waals surface area contributed by atoms with E-state index >= 15 is 0 Å². The van der Waals surface area contributed by atoms with E-state index in [0.717, 1.165) is 5.75 Å². The third-order valence-electron chi connectivity index (χ3n) is 3.00. The van der Waals surface area contributed by atoms with Crippen molar-refractivity contribution in [2.24, 2.45) is 5.92 Å². The van der Waals surface area contributed by atoms with Crippen molar-refractivity contribution in [3.05, 3.63) is 0 Å². The Hall–Kier alpha value is -0.220. The molecule has 0 aromatic carbocycles. The van der Waals surface area contributed by atoms with Crippen molar-refractivity contribution in [3.8, 4) is 0 Å². The Labute approximate surface area is 110 Å². The van der Waals surface area contributed by atoms with Gasteiger partial charge in [0.2, 0.25) is 0 Å². The number of rotatable bonds is 8. The highest BCUT2D eigenvalue weighted by molar-refractivity contribution is 7.99. The van der Waals surface area contributed by atoms with Gasteiger partial charge >= 0.3 is 5.97 Å². The number of hydrogen-bond donors (Lipinski definition) is 2. The Bertz CT molecular complexity index is 244. The molecule has 0 aliphatic rings. The predicted octanol–water partition coefficient (Wildman–Crippen LogP) is 3.00. The summed E-state index contributed by atoms with van der Waals surface area (Å²) in [5.41, 5.74) is -0.808. The number of nitrogens with one attached hydrogen (secondary N) is 1. The fourth-order valence-electron chi connectivity index (χ4n) is 1.52. The molecular weight excluding hydrogens is 234 g/mol. The molecule has 0 radical (unpaired) electrons. The van der Waals surface area contributed by atoms with Crippen LogP contribution >= 0.6 is 11.8 Å². The van der Waals surface area contributed by atoms with Crippen molar-refractivity contribution in [2.75, 3.05) is 5.75 Å². The molecule has 3 nitrogen and oxygen atoms in total. The first-order valence-electron chi connectivity index (χ1n) is 6.31. The molecule has 0 saturated carbocycles. The summed E-state index contributed by atoms with van der Waals surface area (Å²) in [4.78, 5) is 11.3. The summed E-state index contributed by atoms with van der Waals surface area (Å²) in [7, 11) is 0. The first-order chi connectivity index (χ1) is 7.69. The van der Waals surface area contributed by atoms with Gasteiger partial charge in [0.05, 0.1) is 0 Å². The first-order valence-corrected chi connectivity index (χ1v) is 7.36. The Kier molecular flexibility index (Phi) is 7.17. The molecule has 0 bridgehead atoms. The highest BCUT2D eigenvalue weighted by Crippen LogP contribution is 2.23. The third-order valence-corrected chi connectivity index (χ3v) is 4.51. The standard InChI is InChI=1S/C13H27NO2S/c1-9(2)11(5)17-8-7-13(6,12(15)16)14-10(3)4/h9-11,14H,7-8H2,1-6H3,(H,15,16). The van der Waals surface area contributed by atoms with Crippen molar-refractivity contribution < 1.29 is 9.90 Å². The van der Waals surface area contributed by atoms with Crippen LogP contribution in [0.2, 0.25) is 0 Å². The van der Waals surface area contributed by atoms with Crippen LogP contribution < -0.4 is 5.32 Å². The number of hydrogen-bond acceptors (Lipinski definition) is 3. The first kappa shape index (κ1) is 16.8. The lowest BCUT2D eigenvalue weighted by atomic mass is 9.98. The van der Waals surface area contributed by atoms with E-state index in [1.165, 1.54) is 0 Å². The van der Waals surface area contributed by atoms with Gasteiger partial charge in [0.1, 0.15) is 5.54 Å². The van der Waals surface area contributed by atoms with E-state index in [4.69, 9.17) is 0 Å². The highest BCUT2D eigenvalue weighted by Gasteiger charge is 2.33. The second kappa shape index (κ2) is 7.27. The van der Waals surface area contributed by atoms with Gasteiger partial charge in [-0.3, -0.25) is 10.1 Å². The number of aliphatic carboxylic acids is 1. The summed E-state index contributed by atoms with van der Waals surface area (Å²) in [6.45, 7) is 12.3. The zero-order valence-corrected chi connectivity index (χ0v) is 12.7. The minimum Gasteiger partial charge on any atom is -0.480 e. The second-order valence-electron chi connectivity index (χ2n) is 5.51. The van der Waals surface area contributed by atoms with Gasteiger partial charge in [-0.15, -0.1) is 0 Å². The summed E-state index contributed by atoms with van der Waals surface area (Å²) >= 11 is 1.85. The second-order valence-corrected chi connectivity index (χ2v) is 6.99. The van der Waals surface area contributed by atoms with Crippen LogP contribution in [0.25, 0.3) is 0 Å². The van der Waals surface area contributed by atoms with Crippen molar-refractivity contribution >= 4 is 17.7 Å². The molecule has 0 aromatic heterocycles. The molecule has 0 spiro atoms. The molecule has 17 heavy (non-hydrogen) atoms. The molecule has 102 valence electrons. The average molecular weight is 261 g/mol. The quantitative estimate of drug-likeness (QED) is 0.705. The van der Waals surface area contributed by atoms with Crippen molar-refractivity contribution in [1.82, 2.24) is 5.32 Å². The summed E-state index contributed by atoms with van der Waals surface area (Å²) in [5.74, 6) is 0.750. The molecule has 0 saturated heterocycles. The van der Waals surface area contributed by atoms with E-state index < -0.39 is 11.5 Å². The third kappa shape index (κ3) is 6.32. The molecule has 0 heterocycles. The normalized spacial score (nSPS) is 17.2. The van der Waals surface area contributed by atoms with Crippen LogP contribution in [0.15, 0.2) is 0 Å². The molecule has 2 N–H and O–H groups in total. The Morgan fingerprint density at radius 3 is 2.18 bits per heavy atom. The largest absolute Gasteiger partial charge is 0.480 e. The predicted molar refractivity (Wildman–Crippen MR) is 75.7 cm³/mol. The fourth-order valence-corrected chi connectivity index (χ4v) is 2.80. The Balaban J connectivity index is 4.23. The Morgan fingerprint density at radius 1 is 1.29 bits per heavy atom. The summed E-state index contributed by atoms with van der Waals surface area (Å²) in [6.07, 6.45) is 0.655. The molecule has 0 rings (SSSR count). The van der Waals surface area contributed by atoms with Gasteiger partial charge in [0.25, 0.3) is 0 Å². The van der Waals surface area contributed by atoms with Crippen molar-refractivity contribution in [3.63, 3.8) is 0 Å². The monoisotopic (exact) mass is 261 g/mol. The zero-order chi connectivity index (χ0) is 13.6. The van der Waals surface area contributed by atoms with Gasteiger partial charge in [0.15, 0.2) is 0 Å².